The third-order valence-electron chi connectivity index (χ3n) is 17.5. The predicted octanol–water partition coefficient (Wildman–Crippen LogP) is 21.1. The van der Waals surface area contributed by atoms with Gasteiger partial charge in [-0.15, -0.1) is 0 Å². The van der Waals surface area contributed by atoms with Crippen LogP contribution in [0.2, 0.25) is 0 Å². The van der Waals surface area contributed by atoms with E-state index in [1.807, 2.05) is 31.2 Å². The Morgan fingerprint density at radius 2 is 0.989 bits per heavy atom. The van der Waals surface area contributed by atoms with Crippen molar-refractivity contribution in [1.82, 2.24) is 14.1 Å². The molecule has 0 bridgehead atoms. The number of benzene rings is 11. The predicted molar refractivity (Wildman–Crippen MR) is 361 cm³/mol. The van der Waals surface area contributed by atoms with Gasteiger partial charge in [-0.3, -0.25) is 0 Å². The number of fused-ring (bicyclic) bond motifs is 9. The molecule has 0 saturated heterocycles. The zero-order valence-electron chi connectivity index (χ0n) is 55.5. The summed E-state index contributed by atoms with van der Waals surface area (Å²) < 4.78 is 56.2. The first-order chi connectivity index (χ1) is 45.3. The fourth-order valence-corrected chi connectivity index (χ4v) is 14.4. The average molecular weight is 1340 g/mol. The van der Waals surface area contributed by atoms with E-state index in [2.05, 4.69) is 298 Å². The fraction of sp³-hybridized carbons (Fsp3) is 0.122. The normalized spacial score (nSPS) is 14.0. The minimum atomic E-state index is -0.939. The molecule has 0 atom stereocenters. The van der Waals surface area contributed by atoms with Gasteiger partial charge >= 0.3 is 306 Å². The van der Waals surface area contributed by atoms with Crippen LogP contribution in [-0.4, -0.2) is 14.1 Å². The van der Waals surface area contributed by atoms with Gasteiger partial charge in [-0.25, -0.2) is 0 Å². The summed E-state index contributed by atoms with van der Waals surface area (Å²) in [5, 5.41) is 0. The van der Waals surface area contributed by atoms with Gasteiger partial charge in [0.05, 0.1) is 6.85 Å². The molecule has 436 valence electrons. The van der Waals surface area contributed by atoms with Crippen LogP contribution in [-0.2, 0) is 35.6 Å². The Bertz CT molecular complexity index is 5110. The van der Waals surface area contributed by atoms with Crippen molar-refractivity contribution in [2.24, 2.45) is 0 Å². The van der Waals surface area contributed by atoms with Crippen LogP contribution < -0.4 is 14.5 Å². The molecular weight excluding hydrogens is 1270 g/mol. The summed E-state index contributed by atoms with van der Waals surface area (Å²) in [6.07, 6.45) is 1.63. The molecule has 13 aromatic rings. The van der Waals surface area contributed by atoms with Crippen LogP contribution in [0.5, 0.6) is 11.5 Å². The van der Waals surface area contributed by atoms with Crippen molar-refractivity contribution >= 4 is 45.3 Å². The Morgan fingerprint density at radius 1 is 0.472 bits per heavy atom. The van der Waals surface area contributed by atoms with Crippen LogP contribution in [0.25, 0.3) is 55.8 Å². The van der Waals surface area contributed by atoms with Crippen LogP contribution in [0.1, 0.15) is 87.3 Å². The number of para-hydroxylation sites is 6. The number of hydrogen-bond donors (Lipinski definition) is 0. The number of anilines is 6. The SMILES string of the molecule is [2H]c1c([2H])c([2H])c(-c2cnc(N3c4[c-]c(Oc5[c-]c(-n6[c](=[Pt])n(-c7c(-c8ccccc8)cccc7-c7ccccc7)c7ccccc76)ccc5)ccc4C4(c5ccccc53)c3ccccc3N(c3cc(C(C)(C)C)cc(C(C)(C)C)c3)c3ccccc34)cc2C)c([2H])c1[2H]. The number of aryl methyl sites for hydroxylation is 1. The number of imidazole rings is 1. The van der Waals surface area contributed by atoms with Crippen molar-refractivity contribution < 1.29 is 30.9 Å². The Labute approximate surface area is 539 Å². The van der Waals surface area contributed by atoms with Crippen molar-refractivity contribution in [2.75, 3.05) is 9.80 Å². The van der Waals surface area contributed by atoms with Crippen molar-refractivity contribution in [3.63, 3.8) is 0 Å². The summed E-state index contributed by atoms with van der Waals surface area (Å²) in [6.45, 7) is 15.6. The van der Waals surface area contributed by atoms with E-state index in [1.165, 1.54) is 11.1 Å². The van der Waals surface area contributed by atoms with E-state index in [0.29, 0.717) is 34.1 Å². The summed E-state index contributed by atoms with van der Waals surface area (Å²) in [7, 11) is 0. The first kappa shape index (κ1) is 50.2. The van der Waals surface area contributed by atoms with Crippen molar-refractivity contribution in [3.8, 4) is 56.3 Å². The Balaban J connectivity index is 0.927. The molecule has 2 aromatic heterocycles. The van der Waals surface area contributed by atoms with Gasteiger partial charge in [0.1, 0.15) is 0 Å². The first-order valence-corrected chi connectivity index (χ1v) is 31.2. The number of hydrogen-bond acceptors (Lipinski definition) is 4. The standard InChI is InChI=1S/C82H65N5O.Pt/c1-55-47-78(83-53-67(55)58-31-15-10-16-32-58)87-74-42-22-19-39-70(74)82(68-37-17-20-40-72(68)86(73-41-21-18-38-69(73)82)62-49-59(80(2,3)4)48-60(50-62)81(5,6)7)71-46-45-64(52-77(71)87)88-63-34-25-33-61(51-63)84-54-85(76-44-24-23-43-75(76)84)79-65(56-27-11-8-12-28-56)35-26-36-66(79)57-29-13-9-14-30-57;/h8-50,53H,1-7H3;/q-2;/i10D,15D,16D,31D,32D;. The van der Waals surface area contributed by atoms with Gasteiger partial charge in [-0.2, -0.15) is 0 Å². The maximum atomic E-state index is 8.98. The summed E-state index contributed by atoms with van der Waals surface area (Å²) in [5.41, 5.74) is 19.6. The zero-order valence-corrected chi connectivity index (χ0v) is 52.7. The molecular formula is C82H65N5OPt-2. The second-order valence-electron chi connectivity index (χ2n) is 25.0. The second kappa shape index (κ2) is 21.8. The van der Waals surface area contributed by atoms with Gasteiger partial charge in [0.15, 0.2) is 0 Å². The van der Waals surface area contributed by atoms with Gasteiger partial charge in [0.2, 0.25) is 0 Å². The quantitative estimate of drug-likeness (QED) is 0.135. The third kappa shape index (κ3) is 9.34. The zero-order chi connectivity index (χ0) is 65.1. The van der Waals surface area contributed by atoms with E-state index in [4.69, 9.17) is 16.6 Å². The molecule has 2 aliphatic heterocycles. The monoisotopic (exact) mass is 1340 g/mol. The van der Waals surface area contributed by atoms with Crippen LogP contribution in [0.3, 0.4) is 0 Å². The van der Waals surface area contributed by atoms with Crippen molar-refractivity contribution in [2.45, 2.75) is 64.7 Å². The van der Waals surface area contributed by atoms with Crippen LogP contribution in [0.4, 0.5) is 34.3 Å². The van der Waals surface area contributed by atoms with Crippen molar-refractivity contribution in [1.29, 1.82) is 0 Å². The summed E-state index contributed by atoms with van der Waals surface area (Å²) in [5.74, 6) is 1.46. The van der Waals surface area contributed by atoms with Crippen molar-refractivity contribution in [3.05, 3.63) is 322 Å². The fourth-order valence-electron chi connectivity index (χ4n) is 13.3. The van der Waals surface area contributed by atoms with Gasteiger partial charge < -0.3 is 4.90 Å². The molecule has 15 rings (SSSR count). The topological polar surface area (TPSA) is 38.5 Å². The summed E-state index contributed by atoms with van der Waals surface area (Å²) in [4.78, 5) is 9.78. The molecule has 6 nitrogen and oxygen atoms in total. The molecule has 4 heterocycles. The van der Waals surface area contributed by atoms with Gasteiger partial charge in [-0.1, -0.05) is 132 Å². The number of rotatable bonds is 9. The van der Waals surface area contributed by atoms with Crippen LogP contribution in [0.15, 0.2) is 267 Å². The molecule has 1 spiro atoms. The Kier molecular flexibility index (Phi) is 12.3. The van der Waals surface area contributed by atoms with Crippen LogP contribution >= 0.6 is 0 Å². The molecule has 0 saturated carbocycles. The van der Waals surface area contributed by atoms with Gasteiger partial charge in [0.25, 0.3) is 0 Å². The number of ether oxygens (including phenoxy) is 1. The minimum Gasteiger partial charge on any atom is -0.310 e. The van der Waals surface area contributed by atoms with E-state index >= 15 is 0 Å². The molecule has 0 aliphatic carbocycles. The Hall–Kier alpha value is -9.87. The van der Waals surface area contributed by atoms with Crippen LogP contribution in [0, 0.1) is 22.9 Å². The van der Waals surface area contributed by atoms with E-state index < -0.39 is 23.5 Å². The molecule has 0 N–H and O–H groups in total. The molecule has 11 aromatic carbocycles. The third-order valence-corrected chi connectivity index (χ3v) is 18.5. The second-order valence-corrected chi connectivity index (χ2v) is 26.0. The van der Waals surface area contributed by atoms with Gasteiger partial charge in [-0.05, 0) is 64.3 Å². The molecule has 0 unspecified atom stereocenters. The summed E-state index contributed by atoms with van der Waals surface area (Å²) in [6, 6.07) is 87.3. The first-order valence-electron chi connectivity index (χ1n) is 32.6. The number of pyridine rings is 1. The molecule has 0 fully saturated rings. The molecule has 0 amide bonds. The maximum absolute atomic E-state index is 8.98. The smallest absolute Gasteiger partial charge is 0.310 e. The molecule has 7 heteroatoms. The molecule has 0 radical (unpaired) electrons. The van der Waals surface area contributed by atoms with E-state index in [-0.39, 0.29) is 28.5 Å². The van der Waals surface area contributed by atoms with E-state index in [0.717, 1.165) is 93.5 Å². The molecule has 2 aliphatic rings. The summed E-state index contributed by atoms with van der Waals surface area (Å²) >= 11 is 2.46. The number of nitrogens with zero attached hydrogens (tertiary/aromatic N) is 5. The number of aromatic nitrogens is 3. The van der Waals surface area contributed by atoms with E-state index in [1.54, 1.807) is 6.20 Å². The Morgan fingerprint density at radius 3 is 1.56 bits per heavy atom. The average Bonchev–Trinajstić information content (AvgIpc) is 0.838. The van der Waals surface area contributed by atoms with Gasteiger partial charge in [0, 0.05) is 28.8 Å². The molecule has 89 heavy (non-hydrogen) atoms. The van der Waals surface area contributed by atoms with E-state index in [9.17, 15) is 0 Å². The minimum absolute atomic E-state index is 0.0932.